The molecule has 1 heterocycles. The zero-order chi connectivity index (χ0) is 13.2. The van der Waals surface area contributed by atoms with Crippen LogP contribution >= 0.6 is 0 Å². The van der Waals surface area contributed by atoms with Gasteiger partial charge in [0.15, 0.2) is 6.61 Å². The van der Waals surface area contributed by atoms with Gasteiger partial charge < -0.3 is 14.4 Å². The van der Waals surface area contributed by atoms with Gasteiger partial charge in [-0.25, -0.2) is 0 Å². The Morgan fingerprint density at radius 3 is 2.79 bits per heavy atom. The van der Waals surface area contributed by atoms with Crippen LogP contribution in [0.25, 0.3) is 10.8 Å². The van der Waals surface area contributed by atoms with Gasteiger partial charge in [-0.2, -0.15) is 4.98 Å². The summed E-state index contributed by atoms with van der Waals surface area (Å²) in [7, 11) is 0. The quantitative estimate of drug-likeness (QED) is 0.780. The Bertz CT molecular complexity index is 722. The lowest BCUT2D eigenvalue weighted by molar-refractivity contribution is 0.286. The highest BCUT2D eigenvalue weighted by Gasteiger charge is 2.04. The highest BCUT2D eigenvalue weighted by Crippen LogP contribution is 2.24. The minimum absolute atomic E-state index is 0.235. The molecule has 0 aliphatic carbocycles. The first-order chi connectivity index (χ1) is 9.20. The van der Waals surface area contributed by atoms with Crippen LogP contribution in [0.3, 0.4) is 0 Å². The van der Waals surface area contributed by atoms with E-state index in [1.165, 1.54) is 0 Å². The van der Waals surface area contributed by atoms with Gasteiger partial charge >= 0.3 is 0 Å². The molecule has 5 heteroatoms. The maximum absolute atomic E-state index is 9.46. The Labute approximate surface area is 109 Å². The lowest BCUT2D eigenvalue weighted by Crippen LogP contribution is -1.97. The van der Waals surface area contributed by atoms with Gasteiger partial charge in [0.25, 0.3) is 0 Å². The third-order valence-corrected chi connectivity index (χ3v) is 2.73. The van der Waals surface area contributed by atoms with Crippen molar-refractivity contribution in [1.82, 2.24) is 10.1 Å². The Hall–Kier alpha value is -2.56. The van der Waals surface area contributed by atoms with Crippen molar-refractivity contribution in [2.75, 3.05) is 0 Å². The molecular weight excluding hydrogens is 244 g/mol. The SMILES string of the molecule is Cc1nc(COc2ccc3ccc(O)cc3c2)no1. The van der Waals surface area contributed by atoms with E-state index < -0.39 is 0 Å². The summed E-state index contributed by atoms with van der Waals surface area (Å²) in [5.74, 6) is 1.95. The molecule has 19 heavy (non-hydrogen) atoms. The van der Waals surface area contributed by atoms with Crippen molar-refractivity contribution < 1.29 is 14.4 Å². The fraction of sp³-hybridized carbons (Fsp3) is 0.143. The third kappa shape index (κ3) is 2.49. The lowest BCUT2D eigenvalue weighted by Gasteiger charge is -2.05. The van der Waals surface area contributed by atoms with E-state index in [1.807, 2.05) is 24.3 Å². The van der Waals surface area contributed by atoms with Gasteiger partial charge in [0.2, 0.25) is 11.7 Å². The van der Waals surface area contributed by atoms with Crippen molar-refractivity contribution in [3.05, 3.63) is 48.1 Å². The predicted molar refractivity (Wildman–Crippen MR) is 69.0 cm³/mol. The molecule has 1 N–H and O–H groups in total. The Morgan fingerprint density at radius 2 is 2.00 bits per heavy atom. The first-order valence-corrected chi connectivity index (χ1v) is 5.85. The Morgan fingerprint density at radius 1 is 1.16 bits per heavy atom. The number of fused-ring (bicyclic) bond motifs is 1. The molecule has 0 radical (unpaired) electrons. The average molecular weight is 256 g/mol. The summed E-state index contributed by atoms with van der Waals surface area (Å²) in [5.41, 5.74) is 0. The predicted octanol–water partition coefficient (Wildman–Crippen LogP) is 2.82. The molecule has 96 valence electrons. The van der Waals surface area contributed by atoms with Crippen molar-refractivity contribution in [2.45, 2.75) is 13.5 Å². The van der Waals surface area contributed by atoms with Crippen molar-refractivity contribution in [1.29, 1.82) is 0 Å². The molecule has 0 atom stereocenters. The summed E-state index contributed by atoms with van der Waals surface area (Å²) in [6.07, 6.45) is 0. The number of nitrogens with zero attached hydrogens (tertiary/aromatic N) is 2. The van der Waals surface area contributed by atoms with Crippen molar-refractivity contribution in [3.63, 3.8) is 0 Å². The van der Waals surface area contributed by atoms with E-state index in [0.717, 1.165) is 10.8 Å². The number of phenolic OH excluding ortho intramolecular Hbond substituents is 1. The summed E-state index contributed by atoms with van der Waals surface area (Å²) >= 11 is 0. The molecule has 0 amide bonds. The molecule has 2 aromatic carbocycles. The van der Waals surface area contributed by atoms with Crippen molar-refractivity contribution in [3.8, 4) is 11.5 Å². The fourth-order valence-corrected chi connectivity index (χ4v) is 1.85. The van der Waals surface area contributed by atoms with Gasteiger partial charge in [0, 0.05) is 6.92 Å². The summed E-state index contributed by atoms with van der Waals surface area (Å²) in [6, 6.07) is 10.9. The molecule has 3 aromatic rings. The van der Waals surface area contributed by atoms with E-state index in [-0.39, 0.29) is 12.4 Å². The molecule has 0 saturated carbocycles. The van der Waals surface area contributed by atoms with Crippen LogP contribution in [-0.4, -0.2) is 15.2 Å². The highest BCUT2D eigenvalue weighted by molar-refractivity contribution is 5.85. The lowest BCUT2D eigenvalue weighted by atomic mass is 10.1. The zero-order valence-corrected chi connectivity index (χ0v) is 10.3. The second-order valence-corrected chi connectivity index (χ2v) is 4.21. The smallest absolute Gasteiger partial charge is 0.223 e. The van der Waals surface area contributed by atoms with Crippen molar-refractivity contribution >= 4 is 10.8 Å². The second-order valence-electron chi connectivity index (χ2n) is 4.21. The van der Waals surface area contributed by atoms with Gasteiger partial charge in [0.05, 0.1) is 0 Å². The Kier molecular flexibility index (Phi) is 2.79. The van der Waals surface area contributed by atoms with Crippen LogP contribution in [0.4, 0.5) is 0 Å². The zero-order valence-electron chi connectivity index (χ0n) is 10.3. The first kappa shape index (κ1) is 11.5. The van der Waals surface area contributed by atoms with Gasteiger partial charge in [-0.05, 0) is 35.0 Å². The fourth-order valence-electron chi connectivity index (χ4n) is 1.85. The molecule has 1 aromatic heterocycles. The minimum atomic E-state index is 0.235. The average Bonchev–Trinajstić information content (AvgIpc) is 2.81. The largest absolute Gasteiger partial charge is 0.508 e. The molecule has 0 unspecified atom stereocenters. The standard InChI is InChI=1S/C14H12N2O3/c1-9-15-14(16-19-9)8-18-13-5-3-10-2-4-12(17)6-11(10)7-13/h2-7,17H,8H2,1H3. The number of hydrogen-bond acceptors (Lipinski definition) is 5. The van der Waals surface area contributed by atoms with Crippen LogP contribution in [-0.2, 0) is 6.61 Å². The normalized spacial score (nSPS) is 10.8. The molecule has 5 nitrogen and oxygen atoms in total. The summed E-state index contributed by atoms with van der Waals surface area (Å²) in [6.45, 7) is 1.98. The van der Waals surface area contributed by atoms with E-state index in [0.29, 0.717) is 17.5 Å². The minimum Gasteiger partial charge on any atom is -0.508 e. The second kappa shape index (κ2) is 4.61. The maximum atomic E-state index is 9.46. The van der Waals surface area contributed by atoms with E-state index in [2.05, 4.69) is 10.1 Å². The third-order valence-electron chi connectivity index (χ3n) is 2.73. The van der Waals surface area contributed by atoms with E-state index in [9.17, 15) is 5.11 Å². The molecule has 0 fully saturated rings. The number of ether oxygens (including phenoxy) is 1. The van der Waals surface area contributed by atoms with Crippen LogP contribution in [0, 0.1) is 6.92 Å². The number of aromatic nitrogens is 2. The number of aromatic hydroxyl groups is 1. The summed E-state index contributed by atoms with van der Waals surface area (Å²) < 4.78 is 10.5. The maximum Gasteiger partial charge on any atom is 0.223 e. The molecule has 0 aliphatic rings. The highest BCUT2D eigenvalue weighted by atomic mass is 16.5. The van der Waals surface area contributed by atoms with E-state index in [1.54, 1.807) is 19.1 Å². The molecular formula is C14H12N2O3. The first-order valence-electron chi connectivity index (χ1n) is 5.85. The summed E-state index contributed by atoms with van der Waals surface area (Å²) in [5, 5.41) is 15.2. The van der Waals surface area contributed by atoms with Crippen LogP contribution in [0.5, 0.6) is 11.5 Å². The Balaban J connectivity index is 1.81. The number of phenols is 1. The van der Waals surface area contributed by atoms with Gasteiger partial charge in [-0.3, -0.25) is 0 Å². The van der Waals surface area contributed by atoms with Gasteiger partial charge in [0.1, 0.15) is 11.5 Å². The number of hydrogen-bond donors (Lipinski definition) is 1. The van der Waals surface area contributed by atoms with Crippen LogP contribution in [0.2, 0.25) is 0 Å². The number of benzene rings is 2. The van der Waals surface area contributed by atoms with Crippen LogP contribution in [0.1, 0.15) is 11.7 Å². The summed E-state index contributed by atoms with van der Waals surface area (Å²) in [4.78, 5) is 4.06. The van der Waals surface area contributed by atoms with E-state index in [4.69, 9.17) is 9.26 Å². The van der Waals surface area contributed by atoms with Crippen LogP contribution in [0.15, 0.2) is 40.9 Å². The van der Waals surface area contributed by atoms with Gasteiger partial charge in [-0.1, -0.05) is 17.3 Å². The van der Waals surface area contributed by atoms with Crippen LogP contribution < -0.4 is 4.74 Å². The van der Waals surface area contributed by atoms with Crippen molar-refractivity contribution in [2.24, 2.45) is 0 Å². The molecule has 0 bridgehead atoms. The molecule has 0 saturated heterocycles. The molecule has 0 spiro atoms. The number of aryl methyl sites for hydroxylation is 1. The monoisotopic (exact) mass is 256 g/mol. The number of rotatable bonds is 3. The molecule has 0 aliphatic heterocycles. The molecule has 3 rings (SSSR count). The topological polar surface area (TPSA) is 68.4 Å². The van der Waals surface area contributed by atoms with E-state index >= 15 is 0 Å². The van der Waals surface area contributed by atoms with Gasteiger partial charge in [-0.15, -0.1) is 0 Å².